The van der Waals surface area contributed by atoms with Gasteiger partial charge in [0.05, 0.1) is 10.9 Å². The fraction of sp³-hybridized carbons (Fsp3) is 0.667. The quantitative estimate of drug-likeness (QED) is 0.925. The lowest BCUT2D eigenvalue weighted by Gasteiger charge is -2.33. The highest BCUT2D eigenvalue weighted by Gasteiger charge is 2.36. The minimum Gasteiger partial charge on any atom is -0.334 e. The normalized spacial score (nSPS) is 25.6. The number of carbonyl (C=O) groups excluding carboxylic acids is 1. The molecule has 0 aliphatic carbocycles. The highest BCUT2D eigenvalue weighted by molar-refractivity contribution is 7.16. The Kier molecular flexibility index (Phi) is 4.72. The van der Waals surface area contributed by atoms with Gasteiger partial charge in [-0.1, -0.05) is 18.0 Å². The van der Waals surface area contributed by atoms with Crippen LogP contribution in [0.3, 0.4) is 0 Å². The van der Waals surface area contributed by atoms with Crippen LogP contribution in [0.1, 0.15) is 30.6 Å². The van der Waals surface area contributed by atoms with Crippen LogP contribution in [0.2, 0.25) is 4.34 Å². The van der Waals surface area contributed by atoms with Crippen LogP contribution >= 0.6 is 22.9 Å². The van der Waals surface area contributed by atoms with Crippen LogP contribution in [0.25, 0.3) is 0 Å². The summed E-state index contributed by atoms with van der Waals surface area (Å²) in [4.78, 5) is 17.7. The molecule has 2 saturated heterocycles. The largest absolute Gasteiger partial charge is 0.334 e. The molecule has 2 amide bonds. The van der Waals surface area contributed by atoms with Crippen molar-refractivity contribution in [3.05, 3.63) is 21.3 Å². The second kappa shape index (κ2) is 6.55. The molecule has 3 heterocycles. The number of piperidine rings is 1. The van der Waals surface area contributed by atoms with E-state index in [0.29, 0.717) is 18.6 Å². The van der Waals surface area contributed by atoms with Crippen molar-refractivity contribution in [2.45, 2.75) is 44.3 Å². The SMILES string of the molecule is CN(Cc1ccc(Cl)s1)C(=O)N[C@H]1CCN2CCCC[C@@H]12. The number of halogens is 1. The second-order valence-electron chi connectivity index (χ2n) is 6.01. The lowest BCUT2D eigenvalue weighted by molar-refractivity contribution is 0.170. The molecule has 0 bridgehead atoms. The van der Waals surface area contributed by atoms with E-state index in [1.807, 2.05) is 19.2 Å². The van der Waals surface area contributed by atoms with E-state index in [9.17, 15) is 4.79 Å². The molecule has 21 heavy (non-hydrogen) atoms. The molecule has 1 aromatic rings. The first-order valence-electron chi connectivity index (χ1n) is 7.63. The predicted octanol–water partition coefficient (Wildman–Crippen LogP) is 3.17. The molecule has 2 aliphatic heterocycles. The summed E-state index contributed by atoms with van der Waals surface area (Å²) in [5.74, 6) is 0. The highest BCUT2D eigenvalue weighted by Crippen LogP contribution is 2.27. The molecule has 2 fully saturated rings. The number of rotatable bonds is 3. The molecular formula is C15H22ClN3OS. The molecule has 4 nitrogen and oxygen atoms in total. The molecular weight excluding hydrogens is 306 g/mol. The van der Waals surface area contributed by atoms with E-state index >= 15 is 0 Å². The predicted molar refractivity (Wildman–Crippen MR) is 86.9 cm³/mol. The van der Waals surface area contributed by atoms with Crippen molar-refractivity contribution in [2.24, 2.45) is 0 Å². The van der Waals surface area contributed by atoms with Gasteiger partial charge in [0.2, 0.25) is 0 Å². The lowest BCUT2D eigenvalue weighted by Crippen LogP contribution is -2.49. The maximum absolute atomic E-state index is 12.4. The summed E-state index contributed by atoms with van der Waals surface area (Å²) in [6, 6.07) is 4.75. The number of hydrogen-bond acceptors (Lipinski definition) is 3. The molecule has 0 unspecified atom stereocenters. The third-order valence-electron chi connectivity index (χ3n) is 4.53. The summed E-state index contributed by atoms with van der Waals surface area (Å²) >= 11 is 7.46. The number of fused-ring (bicyclic) bond motifs is 1. The van der Waals surface area contributed by atoms with Crippen molar-refractivity contribution in [1.29, 1.82) is 0 Å². The first-order valence-corrected chi connectivity index (χ1v) is 8.83. The van der Waals surface area contributed by atoms with Gasteiger partial charge in [-0.2, -0.15) is 0 Å². The summed E-state index contributed by atoms with van der Waals surface area (Å²) < 4.78 is 0.771. The van der Waals surface area contributed by atoms with Crippen LogP contribution in [-0.4, -0.2) is 48.1 Å². The third kappa shape index (κ3) is 3.52. The maximum atomic E-state index is 12.4. The minimum atomic E-state index is 0.0249. The lowest BCUT2D eigenvalue weighted by atomic mass is 9.99. The minimum absolute atomic E-state index is 0.0249. The van der Waals surface area contributed by atoms with Crippen LogP contribution in [0, 0.1) is 0 Å². The first-order chi connectivity index (χ1) is 10.1. The monoisotopic (exact) mass is 327 g/mol. The van der Waals surface area contributed by atoms with E-state index in [1.165, 1.54) is 37.1 Å². The molecule has 2 aliphatic rings. The summed E-state index contributed by atoms with van der Waals surface area (Å²) in [6.45, 7) is 2.94. The third-order valence-corrected chi connectivity index (χ3v) is 5.75. The number of nitrogens with zero attached hydrogens (tertiary/aromatic N) is 2. The summed E-state index contributed by atoms with van der Waals surface area (Å²) in [7, 11) is 1.84. The molecule has 2 atom stereocenters. The van der Waals surface area contributed by atoms with Crippen molar-refractivity contribution in [1.82, 2.24) is 15.1 Å². The molecule has 0 radical (unpaired) electrons. The van der Waals surface area contributed by atoms with E-state index in [0.717, 1.165) is 22.2 Å². The van der Waals surface area contributed by atoms with Gasteiger partial charge in [0.25, 0.3) is 0 Å². The Labute approximate surface area is 135 Å². The van der Waals surface area contributed by atoms with Gasteiger partial charge in [-0.25, -0.2) is 4.79 Å². The molecule has 0 spiro atoms. The number of amides is 2. The second-order valence-corrected chi connectivity index (χ2v) is 7.81. The van der Waals surface area contributed by atoms with Gasteiger partial charge in [0.15, 0.2) is 0 Å². The Balaban J connectivity index is 1.53. The van der Waals surface area contributed by atoms with E-state index < -0.39 is 0 Å². The van der Waals surface area contributed by atoms with Crippen LogP contribution in [0.5, 0.6) is 0 Å². The highest BCUT2D eigenvalue weighted by atomic mass is 35.5. The maximum Gasteiger partial charge on any atom is 0.317 e. The fourth-order valence-corrected chi connectivity index (χ4v) is 4.57. The van der Waals surface area contributed by atoms with Crippen LogP contribution in [-0.2, 0) is 6.54 Å². The number of nitrogens with one attached hydrogen (secondary N) is 1. The van der Waals surface area contributed by atoms with E-state index in [2.05, 4.69) is 10.2 Å². The fourth-order valence-electron chi connectivity index (χ4n) is 3.43. The van der Waals surface area contributed by atoms with Crippen molar-refractivity contribution in [2.75, 3.05) is 20.1 Å². The number of thiophene rings is 1. The van der Waals surface area contributed by atoms with Gasteiger partial charge >= 0.3 is 6.03 Å². The average molecular weight is 328 g/mol. The van der Waals surface area contributed by atoms with E-state index in [4.69, 9.17) is 11.6 Å². The van der Waals surface area contributed by atoms with Gasteiger partial charge in [0.1, 0.15) is 0 Å². The molecule has 0 saturated carbocycles. The van der Waals surface area contributed by atoms with Crippen LogP contribution in [0.15, 0.2) is 12.1 Å². The first kappa shape index (κ1) is 15.1. The Morgan fingerprint density at radius 1 is 1.43 bits per heavy atom. The molecule has 116 valence electrons. The van der Waals surface area contributed by atoms with Crippen molar-refractivity contribution in [3.8, 4) is 0 Å². The number of carbonyl (C=O) groups is 1. The molecule has 3 rings (SSSR count). The smallest absolute Gasteiger partial charge is 0.317 e. The zero-order valence-corrected chi connectivity index (χ0v) is 13.9. The van der Waals surface area contributed by atoms with Gasteiger partial charge in [-0.05, 0) is 37.9 Å². The Morgan fingerprint density at radius 2 is 2.29 bits per heavy atom. The van der Waals surface area contributed by atoms with Crippen molar-refractivity contribution < 1.29 is 4.79 Å². The zero-order chi connectivity index (χ0) is 14.8. The number of urea groups is 1. The van der Waals surface area contributed by atoms with Gasteiger partial charge in [0, 0.05) is 30.6 Å². The molecule has 1 N–H and O–H groups in total. The Bertz CT molecular complexity index is 507. The number of hydrogen-bond donors (Lipinski definition) is 1. The van der Waals surface area contributed by atoms with E-state index in [1.54, 1.807) is 4.90 Å². The molecule has 6 heteroatoms. The summed E-state index contributed by atoms with van der Waals surface area (Å²) in [5.41, 5.74) is 0. The van der Waals surface area contributed by atoms with Crippen LogP contribution < -0.4 is 5.32 Å². The zero-order valence-electron chi connectivity index (χ0n) is 12.3. The topological polar surface area (TPSA) is 35.6 Å². The van der Waals surface area contributed by atoms with Gasteiger partial charge in [-0.15, -0.1) is 11.3 Å². The average Bonchev–Trinajstić information content (AvgIpc) is 3.06. The standard InChI is InChI=1S/C15H22ClN3OS/c1-18(10-11-5-6-14(16)21-11)15(20)17-12-7-9-19-8-3-2-4-13(12)19/h5-6,12-13H,2-4,7-10H2,1H3,(H,17,20)/t12-,13-/m0/s1. The summed E-state index contributed by atoms with van der Waals surface area (Å²) in [6.07, 6.45) is 4.89. The van der Waals surface area contributed by atoms with Crippen LogP contribution in [0.4, 0.5) is 4.79 Å². The van der Waals surface area contributed by atoms with Crippen molar-refractivity contribution >= 4 is 29.0 Å². The van der Waals surface area contributed by atoms with Crippen molar-refractivity contribution in [3.63, 3.8) is 0 Å². The molecule has 0 aromatic carbocycles. The Hall–Kier alpha value is -0.780. The Morgan fingerprint density at radius 3 is 3.05 bits per heavy atom. The van der Waals surface area contributed by atoms with E-state index in [-0.39, 0.29) is 6.03 Å². The van der Waals surface area contributed by atoms with Gasteiger partial charge < -0.3 is 10.2 Å². The molecule has 1 aromatic heterocycles. The summed E-state index contributed by atoms with van der Waals surface area (Å²) in [5, 5.41) is 3.22. The van der Waals surface area contributed by atoms with Gasteiger partial charge in [-0.3, -0.25) is 4.90 Å².